The molecule has 0 spiro atoms. The van der Waals surface area contributed by atoms with E-state index in [0.717, 1.165) is 10.9 Å². The zero-order valence-electron chi connectivity index (χ0n) is 20.4. The van der Waals surface area contributed by atoms with Crippen LogP contribution < -0.4 is 20.1 Å². The van der Waals surface area contributed by atoms with Crippen molar-refractivity contribution in [1.29, 1.82) is 0 Å². The first-order chi connectivity index (χ1) is 17.6. The smallest absolute Gasteiger partial charge is 0.241 e. The van der Waals surface area contributed by atoms with E-state index in [1.165, 1.54) is 6.20 Å². The first kappa shape index (κ1) is 24.7. The second-order valence-corrected chi connectivity index (χ2v) is 8.03. The van der Waals surface area contributed by atoms with E-state index < -0.39 is 5.41 Å². The molecule has 0 bridgehead atoms. The third-order valence-corrected chi connectivity index (χ3v) is 5.77. The minimum Gasteiger partial charge on any atom is -0.497 e. The molecular formula is C28H28N4O4. The number of amides is 2. The van der Waals surface area contributed by atoms with Gasteiger partial charge in [0.2, 0.25) is 11.8 Å². The molecule has 2 aromatic carbocycles. The van der Waals surface area contributed by atoms with Gasteiger partial charge >= 0.3 is 0 Å². The lowest BCUT2D eigenvalue weighted by Crippen LogP contribution is -2.35. The van der Waals surface area contributed by atoms with Gasteiger partial charge in [0.05, 0.1) is 18.8 Å². The molecule has 4 aromatic rings. The SMILES string of the molecule is CC.COc1ccc2c(Oc3ccc(NC(=O)C4(C(=O)Nc5ccccc5)CC4)nc3)ccnc2c1. The summed E-state index contributed by atoms with van der Waals surface area (Å²) in [5, 5.41) is 6.40. The molecule has 184 valence electrons. The van der Waals surface area contributed by atoms with Gasteiger partial charge in [0.15, 0.2) is 0 Å². The normalized spacial score (nSPS) is 13.1. The maximum Gasteiger partial charge on any atom is 0.241 e. The Morgan fingerprint density at radius 1 is 0.861 bits per heavy atom. The molecule has 1 saturated carbocycles. The Morgan fingerprint density at radius 2 is 1.58 bits per heavy atom. The fourth-order valence-electron chi connectivity index (χ4n) is 3.65. The fourth-order valence-corrected chi connectivity index (χ4v) is 3.65. The molecular weight excluding hydrogens is 456 g/mol. The van der Waals surface area contributed by atoms with Crippen molar-refractivity contribution in [3.63, 3.8) is 0 Å². The summed E-state index contributed by atoms with van der Waals surface area (Å²) in [6, 6.07) is 19.8. The first-order valence-electron chi connectivity index (χ1n) is 11.8. The molecule has 0 aliphatic heterocycles. The number of pyridine rings is 2. The van der Waals surface area contributed by atoms with Gasteiger partial charge in [-0.05, 0) is 55.3 Å². The molecule has 5 rings (SSSR count). The fraction of sp³-hybridized carbons (Fsp3) is 0.214. The number of anilines is 2. The lowest BCUT2D eigenvalue weighted by molar-refractivity contribution is -0.131. The van der Waals surface area contributed by atoms with Crippen LogP contribution in [0.2, 0.25) is 0 Å². The Balaban J connectivity index is 0.00000148. The van der Waals surface area contributed by atoms with Crippen molar-refractivity contribution in [3.8, 4) is 17.2 Å². The van der Waals surface area contributed by atoms with E-state index >= 15 is 0 Å². The van der Waals surface area contributed by atoms with Gasteiger partial charge in [0.1, 0.15) is 28.5 Å². The van der Waals surface area contributed by atoms with Gasteiger partial charge in [-0.2, -0.15) is 0 Å². The first-order valence-corrected chi connectivity index (χ1v) is 11.8. The number of fused-ring (bicyclic) bond motifs is 1. The number of hydrogen-bond donors (Lipinski definition) is 2. The van der Waals surface area contributed by atoms with Crippen LogP contribution in [0.3, 0.4) is 0 Å². The second-order valence-electron chi connectivity index (χ2n) is 8.03. The van der Waals surface area contributed by atoms with Gasteiger partial charge in [-0.15, -0.1) is 0 Å². The largest absolute Gasteiger partial charge is 0.497 e. The van der Waals surface area contributed by atoms with Crippen LogP contribution in [0.4, 0.5) is 11.5 Å². The number of hydrogen-bond acceptors (Lipinski definition) is 6. The monoisotopic (exact) mass is 484 g/mol. The van der Waals surface area contributed by atoms with Crippen LogP contribution in [0, 0.1) is 5.41 Å². The second kappa shape index (κ2) is 10.9. The van der Waals surface area contributed by atoms with E-state index in [2.05, 4.69) is 20.6 Å². The predicted octanol–water partition coefficient (Wildman–Crippen LogP) is 5.81. The highest BCUT2D eigenvalue weighted by molar-refractivity contribution is 6.16. The summed E-state index contributed by atoms with van der Waals surface area (Å²) in [5.41, 5.74) is 0.342. The molecule has 1 aliphatic rings. The van der Waals surface area contributed by atoms with Crippen LogP contribution in [0.5, 0.6) is 17.2 Å². The maximum absolute atomic E-state index is 12.8. The van der Waals surface area contributed by atoms with Gasteiger partial charge < -0.3 is 20.1 Å². The summed E-state index contributed by atoms with van der Waals surface area (Å²) >= 11 is 0. The summed E-state index contributed by atoms with van der Waals surface area (Å²) < 4.78 is 11.2. The zero-order chi connectivity index (χ0) is 25.5. The standard InChI is InChI=1S/C26H22N4O4.C2H6/c1-33-18-7-9-20-21(15-18)27-14-11-22(20)34-19-8-10-23(28-16-19)30-25(32)26(12-13-26)24(31)29-17-5-3-2-4-6-17;1-2/h2-11,14-16H,12-13H2,1H3,(H,29,31)(H,28,30,32);1-2H3. The minimum absolute atomic E-state index is 0.308. The Morgan fingerprint density at radius 3 is 2.25 bits per heavy atom. The van der Waals surface area contributed by atoms with Gasteiger partial charge in [0.25, 0.3) is 0 Å². The predicted molar refractivity (Wildman–Crippen MR) is 139 cm³/mol. The number of nitrogens with zero attached hydrogens (tertiary/aromatic N) is 2. The molecule has 2 N–H and O–H groups in total. The number of methoxy groups -OCH3 is 1. The summed E-state index contributed by atoms with van der Waals surface area (Å²) in [6.07, 6.45) is 4.18. The lowest BCUT2D eigenvalue weighted by Gasteiger charge is -2.15. The highest BCUT2D eigenvalue weighted by Gasteiger charge is 2.56. The molecule has 1 fully saturated rings. The average Bonchev–Trinajstić information content (AvgIpc) is 3.74. The van der Waals surface area contributed by atoms with Gasteiger partial charge in [0, 0.05) is 23.3 Å². The maximum atomic E-state index is 12.8. The number of aromatic nitrogens is 2. The molecule has 0 unspecified atom stereocenters. The van der Waals surface area contributed by atoms with E-state index in [-0.39, 0.29) is 11.8 Å². The van der Waals surface area contributed by atoms with Crippen molar-refractivity contribution < 1.29 is 19.1 Å². The van der Waals surface area contributed by atoms with E-state index in [1.807, 2.05) is 50.2 Å². The topological polar surface area (TPSA) is 102 Å². The number of ether oxygens (including phenoxy) is 2. The molecule has 0 atom stereocenters. The van der Waals surface area contributed by atoms with Crippen molar-refractivity contribution in [2.24, 2.45) is 5.41 Å². The van der Waals surface area contributed by atoms with Gasteiger partial charge in [-0.1, -0.05) is 32.0 Å². The summed E-state index contributed by atoms with van der Waals surface area (Å²) in [7, 11) is 1.61. The van der Waals surface area contributed by atoms with E-state index in [0.29, 0.717) is 41.6 Å². The molecule has 8 nitrogen and oxygen atoms in total. The molecule has 2 aromatic heterocycles. The van der Waals surface area contributed by atoms with Crippen LogP contribution in [0.15, 0.2) is 79.1 Å². The van der Waals surface area contributed by atoms with Crippen molar-refractivity contribution in [3.05, 3.63) is 79.1 Å². The number of nitrogens with one attached hydrogen (secondary N) is 2. The third-order valence-electron chi connectivity index (χ3n) is 5.77. The van der Waals surface area contributed by atoms with Crippen LogP contribution in [0.1, 0.15) is 26.7 Å². The lowest BCUT2D eigenvalue weighted by atomic mass is 10.1. The Labute approximate surface area is 209 Å². The van der Waals surface area contributed by atoms with Gasteiger partial charge in [-0.25, -0.2) is 4.98 Å². The van der Waals surface area contributed by atoms with Crippen LogP contribution in [-0.2, 0) is 9.59 Å². The quantitative estimate of drug-likeness (QED) is 0.321. The molecule has 8 heteroatoms. The van der Waals surface area contributed by atoms with Crippen molar-refractivity contribution in [2.75, 3.05) is 17.7 Å². The van der Waals surface area contributed by atoms with E-state index in [4.69, 9.17) is 9.47 Å². The molecule has 0 radical (unpaired) electrons. The van der Waals surface area contributed by atoms with Crippen LogP contribution >= 0.6 is 0 Å². The van der Waals surface area contributed by atoms with Crippen molar-refractivity contribution in [2.45, 2.75) is 26.7 Å². The van der Waals surface area contributed by atoms with E-state index in [9.17, 15) is 9.59 Å². The Bertz CT molecular complexity index is 1350. The number of carbonyl (C=O) groups excluding carboxylic acids is 2. The molecule has 36 heavy (non-hydrogen) atoms. The number of rotatable bonds is 7. The third kappa shape index (κ3) is 5.27. The van der Waals surface area contributed by atoms with Gasteiger partial charge in [-0.3, -0.25) is 14.6 Å². The Hall–Kier alpha value is -4.46. The Kier molecular flexibility index (Phi) is 7.44. The number of para-hydroxylation sites is 1. The summed E-state index contributed by atoms with van der Waals surface area (Å²) in [6.45, 7) is 4.00. The highest BCUT2D eigenvalue weighted by atomic mass is 16.5. The number of benzene rings is 2. The molecule has 2 heterocycles. The summed E-state index contributed by atoms with van der Waals surface area (Å²) in [4.78, 5) is 34.2. The van der Waals surface area contributed by atoms with Crippen LogP contribution in [-0.4, -0.2) is 28.9 Å². The van der Waals surface area contributed by atoms with Crippen LogP contribution in [0.25, 0.3) is 10.9 Å². The molecule has 1 aliphatic carbocycles. The highest BCUT2D eigenvalue weighted by Crippen LogP contribution is 2.47. The average molecular weight is 485 g/mol. The minimum atomic E-state index is -1.07. The van der Waals surface area contributed by atoms with Crippen molar-refractivity contribution in [1.82, 2.24) is 9.97 Å². The van der Waals surface area contributed by atoms with E-state index in [1.54, 1.807) is 43.6 Å². The zero-order valence-corrected chi connectivity index (χ0v) is 20.4. The molecule has 0 saturated heterocycles. The molecule has 2 amide bonds. The summed E-state index contributed by atoms with van der Waals surface area (Å²) in [5.74, 6) is 1.52. The number of carbonyl (C=O) groups is 2. The van der Waals surface area contributed by atoms with Crippen molar-refractivity contribution >= 4 is 34.2 Å².